The average Bonchev–Trinajstić information content (AvgIpc) is 3.01. The maximum atomic E-state index is 12.5. The number of carbonyl (C=O) groups is 1. The number of carbonyl (C=O) groups excluding carboxylic acids is 1. The van der Waals surface area contributed by atoms with E-state index in [2.05, 4.69) is 15.5 Å². The van der Waals surface area contributed by atoms with E-state index in [-0.39, 0.29) is 5.91 Å². The minimum atomic E-state index is -0.479. The molecule has 3 rings (SSSR count). The number of anilines is 1. The number of nitrogens with one attached hydrogen (secondary N) is 1. The number of ether oxygens (including phenoxy) is 1. The molecule has 0 saturated carbocycles. The molecule has 0 saturated heterocycles. The minimum absolute atomic E-state index is 0.239. The van der Waals surface area contributed by atoms with Crippen molar-refractivity contribution in [2.75, 3.05) is 18.3 Å². The van der Waals surface area contributed by atoms with Gasteiger partial charge in [0.2, 0.25) is 11.1 Å². The quantitative estimate of drug-likeness (QED) is 0.445. The highest BCUT2D eigenvalue weighted by Crippen LogP contribution is 2.27. The monoisotopic (exact) mass is 437 g/mol. The van der Waals surface area contributed by atoms with E-state index in [9.17, 15) is 4.79 Å². The number of halogens is 2. The summed E-state index contributed by atoms with van der Waals surface area (Å²) in [6.45, 7) is 1.74. The lowest BCUT2D eigenvalue weighted by atomic mass is 10.2. The number of amides is 1. The Morgan fingerprint density at radius 2 is 1.82 bits per heavy atom. The maximum Gasteiger partial charge on any atom is 0.237 e. The Kier molecular flexibility index (Phi) is 6.33. The van der Waals surface area contributed by atoms with Gasteiger partial charge in [-0.2, -0.15) is 0 Å². The fraction of sp³-hybridized carbons (Fsp3) is 0.167. The van der Waals surface area contributed by atoms with Crippen LogP contribution in [0.15, 0.2) is 47.6 Å². The normalized spacial score (nSPS) is 11.9. The molecular formula is C18H17Cl2N5O2S. The fourth-order valence-corrected chi connectivity index (χ4v) is 3.67. The molecule has 0 aliphatic rings. The van der Waals surface area contributed by atoms with Crippen molar-refractivity contribution in [2.24, 2.45) is 0 Å². The summed E-state index contributed by atoms with van der Waals surface area (Å²) in [5.41, 5.74) is 1.30. The number of methoxy groups -OCH3 is 1. The van der Waals surface area contributed by atoms with Crippen molar-refractivity contribution in [1.82, 2.24) is 14.9 Å². The molecular weight excluding hydrogens is 421 g/mol. The summed E-state index contributed by atoms with van der Waals surface area (Å²) in [4.78, 5) is 12.5. The molecule has 0 bridgehead atoms. The van der Waals surface area contributed by atoms with Gasteiger partial charge in [0.25, 0.3) is 0 Å². The average molecular weight is 438 g/mol. The summed E-state index contributed by atoms with van der Waals surface area (Å²) < 4.78 is 6.50. The lowest BCUT2D eigenvalue weighted by molar-refractivity contribution is -0.115. The van der Waals surface area contributed by atoms with E-state index >= 15 is 0 Å². The molecule has 0 aliphatic carbocycles. The second-order valence-electron chi connectivity index (χ2n) is 5.81. The Morgan fingerprint density at radius 1 is 1.18 bits per heavy atom. The molecule has 0 aliphatic heterocycles. The van der Waals surface area contributed by atoms with Crippen LogP contribution in [0, 0.1) is 0 Å². The van der Waals surface area contributed by atoms with Gasteiger partial charge in [-0.25, -0.2) is 4.68 Å². The summed E-state index contributed by atoms with van der Waals surface area (Å²) in [6, 6.07) is 12.1. The molecule has 3 N–H and O–H groups in total. The topological polar surface area (TPSA) is 95.1 Å². The summed E-state index contributed by atoms with van der Waals surface area (Å²) in [5.74, 6) is 7.10. The number of nitrogen functional groups attached to an aromatic ring is 1. The van der Waals surface area contributed by atoms with Crippen LogP contribution in [-0.4, -0.2) is 33.1 Å². The van der Waals surface area contributed by atoms with E-state index in [0.29, 0.717) is 26.7 Å². The van der Waals surface area contributed by atoms with Crippen LogP contribution in [-0.2, 0) is 4.79 Å². The Hall–Kier alpha value is -2.42. The van der Waals surface area contributed by atoms with E-state index < -0.39 is 5.25 Å². The van der Waals surface area contributed by atoms with Crippen LogP contribution in [0.25, 0.3) is 11.4 Å². The van der Waals surface area contributed by atoms with Crippen LogP contribution in [0.4, 0.5) is 5.69 Å². The first-order chi connectivity index (χ1) is 13.4. The highest BCUT2D eigenvalue weighted by Gasteiger charge is 2.20. The van der Waals surface area contributed by atoms with Gasteiger partial charge in [0, 0.05) is 21.3 Å². The number of nitrogens with zero attached hydrogens (tertiary/aromatic N) is 3. The van der Waals surface area contributed by atoms with Crippen LogP contribution >= 0.6 is 35.0 Å². The molecule has 0 fully saturated rings. The minimum Gasteiger partial charge on any atom is -0.497 e. The lowest BCUT2D eigenvalue weighted by Gasteiger charge is -2.12. The van der Waals surface area contributed by atoms with Crippen molar-refractivity contribution < 1.29 is 9.53 Å². The summed E-state index contributed by atoms with van der Waals surface area (Å²) in [5, 5.41) is 11.8. The molecule has 1 aromatic heterocycles. The van der Waals surface area contributed by atoms with Gasteiger partial charge in [0.15, 0.2) is 5.82 Å². The zero-order valence-corrected chi connectivity index (χ0v) is 17.3. The molecule has 2 aromatic carbocycles. The zero-order valence-electron chi connectivity index (χ0n) is 15.0. The first-order valence-corrected chi connectivity index (χ1v) is 9.79. The Bertz CT molecular complexity index is 974. The molecule has 146 valence electrons. The molecule has 1 atom stereocenters. The van der Waals surface area contributed by atoms with Crippen LogP contribution in [0.3, 0.4) is 0 Å². The van der Waals surface area contributed by atoms with Gasteiger partial charge in [-0.15, -0.1) is 10.2 Å². The van der Waals surface area contributed by atoms with E-state index in [4.69, 9.17) is 33.8 Å². The molecule has 1 heterocycles. The van der Waals surface area contributed by atoms with Crippen molar-refractivity contribution in [3.05, 3.63) is 52.5 Å². The Labute approximate surface area is 176 Å². The standard InChI is InChI=1S/C18H17Cl2N5O2S/c1-10(17(26)22-14-8-12(19)7-13(20)9-14)28-18-24-23-16(25(18)21)11-3-5-15(27-2)6-4-11/h3-10H,21H2,1-2H3,(H,22,26). The van der Waals surface area contributed by atoms with Crippen LogP contribution < -0.4 is 15.9 Å². The van der Waals surface area contributed by atoms with Crippen LogP contribution in [0.5, 0.6) is 5.75 Å². The third-order valence-corrected chi connectivity index (χ3v) is 5.29. The first kappa shape index (κ1) is 20.3. The third kappa shape index (κ3) is 4.70. The smallest absolute Gasteiger partial charge is 0.237 e. The van der Waals surface area contributed by atoms with Gasteiger partial charge in [-0.05, 0) is 49.4 Å². The molecule has 0 spiro atoms. The first-order valence-electron chi connectivity index (χ1n) is 8.16. The summed E-state index contributed by atoms with van der Waals surface area (Å²) in [7, 11) is 1.60. The molecule has 7 nitrogen and oxygen atoms in total. The number of benzene rings is 2. The number of nitrogens with two attached hydrogens (primary N) is 1. The van der Waals surface area contributed by atoms with E-state index in [1.165, 1.54) is 16.4 Å². The molecule has 1 amide bonds. The number of hydrogen-bond acceptors (Lipinski definition) is 6. The van der Waals surface area contributed by atoms with Crippen molar-refractivity contribution in [2.45, 2.75) is 17.3 Å². The maximum absolute atomic E-state index is 12.5. The van der Waals surface area contributed by atoms with Crippen molar-refractivity contribution in [3.63, 3.8) is 0 Å². The largest absolute Gasteiger partial charge is 0.497 e. The van der Waals surface area contributed by atoms with Crippen molar-refractivity contribution in [3.8, 4) is 17.1 Å². The second kappa shape index (κ2) is 8.72. The molecule has 3 aromatic rings. The highest BCUT2D eigenvalue weighted by atomic mass is 35.5. The van der Waals surface area contributed by atoms with Gasteiger partial charge >= 0.3 is 0 Å². The lowest BCUT2D eigenvalue weighted by Crippen LogP contribution is -2.23. The zero-order chi connectivity index (χ0) is 20.3. The van der Waals surface area contributed by atoms with E-state index in [0.717, 1.165) is 11.3 Å². The number of thioether (sulfide) groups is 1. The SMILES string of the molecule is COc1ccc(-c2nnc(SC(C)C(=O)Nc3cc(Cl)cc(Cl)c3)n2N)cc1. The number of hydrogen-bond donors (Lipinski definition) is 2. The van der Waals surface area contributed by atoms with Gasteiger partial charge in [0.05, 0.1) is 12.4 Å². The van der Waals surface area contributed by atoms with Crippen LogP contribution in [0.1, 0.15) is 6.92 Å². The fourth-order valence-electron chi connectivity index (χ4n) is 2.38. The summed E-state index contributed by atoms with van der Waals surface area (Å²) in [6.07, 6.45) is 0. The van der Waals surface area contributed by atoms with Crippen LogP contribution in [0.2, 0.25) is 10.0 Å². The number of rotatable bonds is 6. The molecule has 28 heavy (non-hydrogen) atoms. The molecule has 0 radical (unpaired) electrons. The predicted octanol–water partition coefficient (Wildman–Crippen LogP) is 4.09. The summed E-state index contributed by atoms with van der Waals surface area (Å²) >= 11 is 13.1. The second-order valence-corrected chi connectivity index (χ2v) is 7.99. The van der Waals surface area contributed by atoms with Crippen molar-refractivity contribution in [1.29, 1.82) is 0 Å². The number of aromatic nitrogens is 3. The third-order valence-electron chi connectivity index (χ3n) is 3.79. The highest BCUT2D eigenvalue weighted by molar-refractivity contribution is 8.00. The van der Waals surface area contributed by atoms with Crippen molar-refractivity contribution >= 4 is 46.6 Å². The Balaban J connectivity index is 1.70. The molecule has 10 heteroatoms. The van der Waals surface area contributed by atoms with E-state index in [1.54, 1.807) is 32.2 Å². The molecule has 1 unspecified atom stereocenters. The van der Waals surface area contributed by atoms with Gasteiger partial charge < -0.3 is 15.9 Å². The predicted molar refractivity (Wildman–Crippen MR) is 113 cm³/mol. The van der Waals surface area contributed by atoms with E-state index in [1.807, 2.05) is 24.3 Å². The van der Waals surface area contributed by atoms with Gasteiger partial charge in [-0.1, -0.05) is 35.0 Å². The van der Waals surface area contributed by atoms with Gasteiger partial charge in [0.1, 0.15) is 5.75 Å². The Morgan fingerprint density at radius 3 is 2.43 bits per heavy atom. The van der Waals surface area contributed by atoms with Gasteiger partial charge in [-0.3, -0.25) is 4.79 Å².